The number of methoxy groups -OCH3 is 2. The van der Waals surface area contributed by atoms with Crippen LogP contribution in [0.3, 0.4) is 0 Å². The first-order valence-electron chi connectivity index (χ1n) is 8.21. The number of nitrogens with one attached hydrogen (secondary N) is 1. The molecule has 1 aromatic heterocycles. The third-order valence-corrected chi connectivity index (χ3v) is 4.82. The summed E-state index contributed by atoms with van der Waals surface area (Å²) in [4.78, 5) is 16.8. The van der Waals surface area contributed by atoms with E-state index in [0.717, 1.165) is 27.6 Å². The first-order chi connectivity index (χ1) is 12.7. The van der Waals surface area contributed by atoms with Crippen LogP contribution in [-0.2, 0) is 6.42 Å². The Morgan fingerprint density at radius 3 is 2.77 bits per heavy atom. The van der Waals surface area contributed by atoms with Crippen LogP contribution >= 0.6 is 11.3 Å². The van der Waals surface area contributed by atoms with Crippen LogP contribution in [0.25, 0.3) is 10.6 Å². The molecule has 0 aliphatic heterocycles. The lowest BCUT2D eigenvalue weighted by Gasteiger charge is -2.08. The van der Waals surface area contributed by atoms with E-state index in [9.17, 15) is 4.79 Å². The zero-order valence-corrected chi connectivity index (χ0v) is 15.5. The first kappa shape index (κ1) is 17.9. The second-order valence-electron chi connectivity index (χ2n) is 5.59. The lowest BCUT2D eigenvalue weighted by molar-refractivity contribution is 0.0950. The van der Waals surface area contributed by atoms with Crippen molar-refractivity contribution in [1.82, 2.24) is 10.3 Å². The minimum absolute atomic E-state index is 0.176. The molecule has 0 unspecified atom stereocenters. The van der Waals surface area contributed by atoms with Crippen LogP contribution in [0.1, 0.15) is 16.1 Å². The van der Waals surface area contributed by atoms with Crippen LogP contribution < -0.4 is 14.8 Å². The molecule has 0 saturated carbocycles. The normalized spacial score (nSPS) is 10.4. The molecule has 0 aliphatic rings. The highest BCUT2D eigenvalue weighted by atomic mass is 32.1. The van der Waals surface area contributed by atoms with Crippen molar-refractivity contribution < 1.29 is 14.3 Å². The largest absolute Gasteiger partial charge is 0.497 e. The van der Waals surface area contributed by atoms with Gasteiger partial charge in [-0.1, -0.05) is 30.3 Å². The van der Waals surface area contributed by atoms with Crippen LogP contribution in [0, 0.1) is 0 Å². The van der Waals surface area contributed by atoms with Gasteiger partial charge in [-0.25, -0.2) is 4.98 Å². The Morgan fingerprint density at radius 1 is 1.12 bits per heavy atom. The van der Waals surface area contributed by atoms with Gasteiger partial charge >= 0.3 is 0 Å². The Morgan fingerprint density at radius 2 is 1.96 bits per heavy atom. The molecule has 1 N–H and O–H groups in total. The van der Waals surface area contributed by atoms with Gasteiger partial charge in [-0.2, -0.15) is 0 Å². The fraction of sp³-hybridized carbons (Fsp3) is 0.200. The average Bonchev–Trinajstić information content (AvgIpc) is 3.19. The standard InChI is InChI=1S/C20H20N2O3S/c1-24-16-8-5-7-15(12-16)20-22-17(13-26-20)19(23)21-11-10-14-6-3-4-9-18(14)25-2/h3-9,12-13H,10-11H2,1-2H3,(H,21,23). The molecular weight excluding hydrogens is 348 g/mol. The number of nitrogens with zero attached hydrogens (tertiary/aromatic N) is 1. The van der Waals surface area contributed by atoms with Crippen molar-refractivity contribution in [2.45, 2.75) is 6.42 Å². The van der Waals surface area contributed by atoms with E-state index in [4.69, 9.17) is 9.47 Å². The summed E-state index contributed by atoms with van der Waals surface area (Å²) in [5.74, 6) is 1.42. The summed E-state index contributed by atoms with van der Waals surface area (Å²) >= 11 is 1.44. The molecule has 0 saturated heterocycles. The van der Waals surface area contributed by atoms with Gasteiger partial charge in [-0.3, -0.25) is 4.79 Å². The van der Waals surface area contributed by atoms with Crippen molar-refractivity contribution in [2.24, 2.45) is 0 Å². The second kappa shape index (κ2) is 8.49. The third-order valence-electron chi connectivity index (χ3n) is 3.93. The zero-order chi connectivity index (χ0) is 18.4. The van der Waals surface area contributed by atoms with Crippen molar-refractivity contribution in [3.05, 3.63) is 65.2 Å². The fourth-order valence-corrected chi connectivity index (χ4v) is 3.37. The van der Waals surface area contributed by atoms with E-state index >= 15 is 0 Å². The molecular formula is C20H20N2O3S. The minimum atomic E-state index is -0.176. The number of carbonyl (C=O) groups is 1. The van der Waals surface area contributed by atoms with E-state index in [1.807, 2.05) is 48.5 Å². The van der Waals surface area contributed by atoms with Crippen LogP contribution in [0.15, 0.2) is 53.9 Å². The van der Waals surface area contributed by atoms with Gasteiger partial charge in [0.1, 0.15) is 22.2 Å². The van der Waals surface area contributed by atoms with Gasteiger partial charge in [-0.05, 0) is 30.2 Å². The molecule has 0 fully saturated rings. The number of thiazole rings is 1. The molecule has 0 aliphatic carbocycles. The molecule has 2 aromatic carbocycles. The number of aromatic nitrogens is 1. The maximum absolute atomic E-state index is 12.3. The number of amides is 1. The molecule has 0 radical (unpaired) electrons. The number of para-hydroxylation sites is 1. The van der Waals surface area contributed by atoms with E-state index in [2.05, 4.69) is 10.3 Å². The molecule has 6 heteroatoms. The molecule has 1 heterocycles. The maximum atomic E-state index is 12.3. The summed E-state index contributed by atoms with van der Waals surface area (Å²) in [6, 6.07) is 15.4. The Balaban J connectivity index is 1.61. The molecule has 0 spiro atoms. The highest BCUT2D eigenvalue weighted by molar-refractivity contribution is 7.13. The molecule has 1 amide bonds. The molecule has 134 valence electrons. The Hall–Kier alpha value is -2.86. The van der Waals surface area contributed by atoms with E-state index in [1.165, 1.54) is 11.3 Å². The Kier molecular flexibility index (Phi) is 5.86. The Bertz CT molecular complexity index is 892. The summed E-state index contributed by atoms with van der Waals surface area (Å²) in [5, 5.41) is 5.47. The Labute approximate surface area is 156 Å². The fourth-order valence-electron chi connectivity index (χ4n) is 2.58. The number of benzene rings is 2. The van der Waals surface area contributed by atoms with Crippen molar-refractivity contribution in [2.75, 3.05) is 20.8 Å². The van der Waals surface area contributed by atoms with E-state index < -0.39 is 0 Å². The number of ether oxygens (including phenoxy) is 2. The van der Waals surface area contributed by atoms with Gasteiger partial charge in [0, 0.05) is 17.5 Å². The van der Waals surface area contributed by atoms with Crippen molar-refractivity contribution in [3.63, 3.8) is 0 Å². The van der Waals surface area contributed by atoms with Crippen LogP contribution in [0.2, 0.25) is 0 Å². The minimum Gasteiger partial charge on any atom is -0.497 e. The average molecular weight is 368 g/mol. The van der Waals surface area contributed by atoms with Crippen molar-refractivity contribution in [1.29, 1.82) is 0 Å². The summed E-state index contributed by atoms with van der Waals surface area (Å²) in [6.07, 6.45) is 0.697. The van der Waals surface area contributed by atoms with Crippen molar-refractivity contribution >= 4 is 17.2 Å². The van der Waals surface area contributed by atoms with Gasteiger partial charge in [0.05, 0.1) is 14.2 Å². The predicted octanol–water partition coefficient (Wildman–Crippen LogP) is 3.80. The monoisotopic (exact) mass is 368 g/mol. The maximum Gasteiger partial charge on any atom is 0.270 e. The number of rotatable bonds is 7. The van der Waals surface area contributed by atoms with Gasteiger partial charge < -0.3 is 14.8 Å². The molecule has 5 nitrogen and oxygen atoms in total. The number of carbonyl (C=O) groups excluding carboxylic acids is 1. The number of hydrogen-bond acceptors (Lipinski definition) is 5. The smallest absolute Gasteiger partial charge is 0.270 e. The predicted molar refractivity (Wildman–Crippen MR) is 103 cm³/mol. The number of hydrogen-bond donors (Lipinski definition) is 1. The first-order valence-corrected chi connectivity index (χ1v) is 9.09. The quantitative estimate of drug-likeness (QED) is 0.689. The third kappa shape index (κ3) is 4.21. The summed E-state index contributed by atoms with van der Waals surface area (Å²) in [6.45, 7) is 0.519. The summed E-state index contributed by atoms with van der Waals surface area (Å²) in [5.41, 5.74) is 2.42. The van der Waals surface area contributed by atoms with Gasteiger partial charge in [0.15, 0.2) is 0 Å². The zero-order valence-electron chi connectivity index (χ0n) is 14.7. The van der Waals surface area contributed by atoms with Crippen LogP contribution in [0.5, 0.6) is 11.5 Å². The van der Waals surface area contributed by atoms with E-state index in [0.29, 0.717) is 18.7 Å². The highest BCUT2D eigenvalue weighted by Crippen LogP contribution is 2.26. The lowest BCUT2D eigenvalue weighted by Crippen LogP contribution is -2.26. The van der Waals surface area contributed by atoms with E-state index in [-0.39, 0.29) is 5.91 Å². The van der Waals surface area contributed by atoms with E-state index in [1.54, 1.807) is 19.6 Å². The van der Waals surface area contributed by atoms with Crippen molar-refractivity contribution in [3.8, 4) is 22.1 Å². The van der Waals surface area contributed by atoms with Crippen LogP contribution in [-0.4, -0.2) is 31.7 Å². The molecule has 0 bridgehead atoms. The van der Waals surface area contributed by atoms with Crippen LogP contribution in [0.4, 0.5) is 0 Å². The topological polar surface area (TPSA) is 60.5 Å². The lowest BCUT2D eigenvalue weighted by atomic mass is 10.1. The van der Waals surface area contributed by atoms with Gasteiger partial charge in [0.25, 0.3) is 5.91 Å². The molecule has 26 heavy (non-hydrogen) atoms. The second-order valence-corrected chi connectivity index (χ2v) is 6.45. The SMILES string of the molecule is COc1cccc(-c2nc(C(=O)NCCc3ccccc3OC)cs2)c1. The molecule has 3 rings (SSSR count). The van der Waals surface area contributed by atoms with Gasteiger partial charge in [0.2, 0.25) is 0 Å². The summed E-state index contributed by atoms with van der Waals surface area (Å²) in [7, 11) is 3.27. The van der Waals surface area contributed by atoms with Gasteiger partial charge in [-0.15, -0.1) is 11.3 Å². The molecule has 0 atom stereocenters. The molecule has 3 aromatic rings. The summed E-state index contributed by atoms with van der Waals surface area (Å²) < 4.78 is 10.6. The highest BCUT2D eigenvalue weighted by Gasteiger charge is 2.12.